The van der Waals surface area contributed by atoms with E-state index in [0.717, 1.165) is 0 Å². The summed E-state index contributed by atoms with van der Waals surface area (Å²) in [7, 11) is -1.69. The van der Waals surface area contributed by atoms with Crippen molar-refractivity contribution in [2.75, 3.05) is 6.61 Å². The summed E-state index contributed by atoms with van der Waals surface area (Å²) >= 11 is 0. The van der Waals surface area contributed by atoms with Gasteiger partial charge in [-0.3, -0.25) is 0 Å². The molecule has 0 fully saturated rings. The standard InChI is InChI=1S/C9H23NO3Si/c1-8(7-11-13-10)12-14(5,6)9(2,3)4/h8H,7,10H2,1-6H3/t8-/m0/s1. The molecule has 1 atom stereocenters. The van der Waals surface area contributed by atoms with Crippen LogP contribution in [-0.4, -0.2) is 21.0 Å². The summed E-state index contributed by atoms with van der Waals surface area (Å²) in [5.41, 5.74) is 0. The molecular formula is C9H23NO3Si. The normalized spacial score (nSPS) is 15.6. The van der Waals surface area contributed by atoms with Crippen molar-refractivity contribution < 1.29 is 14.3 Å². The van der Waals surface area contributed by atoms with Crippen molar-refractivity contribution in [1.29, 1.82) is 0 Å². The Balaban J connectivity index is 4.08. The van der Waals surface area contributed by atoms with E-state index < -0.39 is 8.32 Å². The second-order valence-corrected chi connectivity index (χ2v) is 9.83. The fourth-order valence-electron chi connectivity index (χ4n) is 0.849. The van der Waals surface area contributed by atoms with Crippen molar-refractivity contribution in [3.63, 3.8) is 0 Å². The highest BCUT2D eigenvalue weighted by molar-refractivity contribution is 6.74. The molecule has 0 radical (unpaired) electrons. The number of hydrogen-bond donors (Lipinski definition) is 1. The molecule has 4 nitrogen and oxygen atoms in total. The smallest absolute Gasteiger partial charge is 0.192 e. The highest BCUT2D eigenvalue weighted by Crippen LogP contribution is 2.37. The van der Waals surface area contributed by atoms with Crippen LogP contribution in [0, 0.1) is 0 Å². The largest absolute Gasteiger partial charge is 0.412 e. The van der Waals surface area contributed by atoms with Crippen LogP contribution in [0.5, 0.6) is 0 Å². The molecule has 0 aliphatic carbocycles. The van der Waals surface area contributed by atoms with E-state index in [1.807, 2.05) is 6.92 Å². The molecule has 0 rings (SSSR count). The molecular weight excluding hydrogens is 198 g/mol. The molecule has 0 heterocycles. The fraction of sp³-hybridized carbons (Fsp3) is 1.00. The van der Waals surface area contributed by atoms with Crippen LogP contribution in [0.2, 0.25) is 18.1 Å². The van der Waals surface area contributed by atoms with Gasteiger partial charge in [-0.25, -0.2) is 4.89 Å². The summed E-state index contributed by atoms with van der Waals surface area (Å²) in [5, 5.41) is 0.213. The van der Waals surface area contributed by atoms with Gasteiger partial charge in [0, 0.05) is 0 Å². The van der Waals surface area contributed by atoms with Crippen LogP contribution in [0.1, 0.15) is 27.7 Å². The highest BCUT2D eigenvalue weighted by atomic mass is 28.4. The summed E-state index contributed by atoms with van der Waals surface area (Å²) < 4.78 is 5.98. The second-order valence-electron chi connectivity index (χ2n) is 5.07. The van der Waals surface area contributed by atoms with Crippen molar-refractivity contribution >= 4 is 8.32 Å². The molecule has 0 aromatic rings. The van der Waals surface area contributed by atoms with Crippen LogP contribution in [0.3, 0.4) is 0 Å². The zero-order chi connectivity index (χ0) is 11.4. The van der Waals surface area contributed by atoms with E-state index in [1.54, 1.807) is 0 Å². The van der Waals surface area contributed by atoms with Crippen LogP contribution in [0.25, 0.3) is 0 Å². The second kappa shape index (κ2) is 5.23. The first-order valence-electron chi connectivity index (χ1n) is 4.87. The van der Waals surface area contributed by atoms with Crippen molar-refractivity contribution in [2.45, 2.75) is 51.9 Å². The average Bonchev–Trinajstić information content (AvgIpc) is 1.97. The van der Waals surface area contributed by atoms with Crippen LogP contribution >= 0.6 is 0 Å². The average molecular weight is 221 g/mol. The van der Waals surface area contributed by atoms with E-state index in [4.69, 9.17) is 10.3 Å². The molecule has 86 valence electrons. The summed E-state index contributed by atoms with van der Waals surface area (Å²) in [5.74, 6) is 4.76. The topological polar surface area (TPSA) is 53.7 Å². The minimum absolute atomic E-state index is 0.0134. The molecule has 14 heavy (non-hydrogen) atoms. The van der Waals surface area contributed by atoms with Gasteiger partial charge in [-0.2, -0.15) is 5.90 Å². The van der Waals surface area contributed by atoms with Crippen molar-refractivity contribution in [3.05, 3.63) is 0 Å². The summed E-state index contributed by atoms with van der Waals surface area (Å²) in [6.07, 6.45) is 0.0134. The predicted molar refractivity (Wildman–Crippen MR) is 59.0 cm³/mol. The Labute approximate surface area is 87.7 Å². The SMILES string of the molecule is C[C@@H](COON)O[Si](C)(C)C(C)(C)C. The van der Waals surface area contributed by atoms with E-state index >= 15 is 0 Å². The molecule has 0 saturated heterocycles. The molecule has 0 aromatic heterocycles. The van der Waals surface area contributed by atoms with Crippen LogP contribution < -0.4 is 5.90 Å². The Bertz CT molecular complexity index is 168. The van der Waals surface area contributed by atoms with Crippen LogP contribution in [-0.2, 0) is 14.3 Å². The molecule has 0 saturated carbocycles. The van der Waals surface area contributed by atoms with E-state index in [9.17, 15) is 0 Å². The van der Waals surface area contributed by atoms with Crippen LogP contribution in [0.15, 0.2) is 0 Å². The number of nitrogens with two attached hydrogens (primary N) is 1. The first kappa shape index (κ1) is 14.1. The maximum Gasteiger partial charge on any atom is 0.192 e. The van der Waals surface area contributed by atoms with Gasteiger partial charge >= 0.3 is 0 Å². The van der Waals surface area contributed by atoms with Gasteiger partial charge in [0.25, 0.3) is 0 Å². The summed E-state index contributed by atoms with van der Waals surface area (Å²) in [6.45, 7) is 13.3. The van der Waals surface area contributed by atoms with Gasteiger partial charge in [0.1, 0.15) is 6.61 Å². The molecule has 0 aliphatic rings. The summed E-state index contributed by atoms with van der Waals surface area (Å²) in [4.78, 5) is 8.68. The van der Waals surface area contributed by atoms with Crippen molar-refractivity contribution in [2.24, 2.45) is 5.90 Å². The van der Waals surface area contributed by atoms with E-state index in [-0.39, 0.29) is 11.1 Å². The maximum atomic E-state index is 5.98. The van der Waals surface area contributed by atoms with Crippen molar-refractivity contribution in [1.82, 2.24) is 0 Å². The first-order valence-corrected chi connectivity index (χ1v) is 7.77. The van der Waals surface area contributed by atoms with Crippen molar-refractivity contribution in [3.8, 4) is 0 Å². The quantitative estimate of drug-likeness (QED) is 0.439. The molecule has 5 heteroatoms. The monoisotopic (exact) mass is 221 g/mol. The fourth-order valence-corrected chi connectivity index (χ4v) is 2.28. The Morgan fingerprint density at radius 1 is 1.29 bits per heavy atom. The van der Waals surface area contributed by atoms with Gasteiger partial charge in [0.15, 0.2) is 8.32 Å². The lowest BCUT2D eigenvalue weighted by Crippen LogP contribution is -2.44. The lowest BCUT2D eigenvalue weighted by molar-refractivity contribution is -0.307. The highest BCUT2D eigenvalue weighted by Gasteiger charge is 2.38. The molecule has 0 aliphatic heterocycles. The van der Waals surface area contributed by atoms with E-state index in [0.29, 0.717) is 6.61 Å². The Hall–Kier alpha value is 0.0569. The zero-order valence-electron chi connectivity index (χ0n) is 10.1. The van der Waals surface area contributed by atoms with Gasteiger partial charge in [0.05, 0.1) is 6.10 Å². The van der Waals surface area contributed by atoms with E-state index in [1.165, 1.54) is 0 Å². The lowest BCUT2D eigenvalue weighted by atomic mass is 10.2. The zero-order valence-corrected chi connectivity index (χ0v) is 11.1. The molecule has 0 unspecified atom stereocenters. The Kier molecular flexibility index (Phi) is 5.25. The van der Waals surface area contributed by atoms with Gasteiger partial charge < -0.3 is 4.43 Å². The molecule has 0 aromatic carbocycles. The minimum Gasteiger partial charge on any atom is -0.412 e. The van der Waals surface area contributed by atoms with E-state index in [2.05, 4.69) is 43.7 Å². The third-order valence-electron chi connectivity index (χ3n) is 2.67. The first-order chi connectivity index (χ1) is 6.20. The molecule has 0 spiro atoms. The maximum absolute atomic E-state index is 5.98. The summed E-state index contributed by atoms with van der Waals surface area (Å²) in [6, 6.07) is 0. The minimum atomic E-state index is -1.69. The van der Waals surface area contributed by atoms with Gasteiger partial charge in [-0.1, -0.05) is 20.8 Å². The third-order valence-corrected chi connectivity index (χ3v) is 7.28. The predicted octanol–water partition coefficient (Wildman–Crippen LogP) is 2.22. The van der Waals surface area contributed by atoms with Gasteiger partial charge in [-0.15, -0.1) is 4.99 Å². The Morgan fingerprint density at radius 3 is 2.14 bits per heavy atom. The van der Waals surface area contributed by atoms with Gasteiger partial charge in [-0.05, 0) is 25.1 Å². The van der Waals surface area contributed by atoms with Gasteiger partial charge in [0.2, 0.25) is 0 Å². The number of hydrogen-bond acceptors (Lipinski definition) is 4. The molecule has 0 bridgehead atoms. The Morgan fingerprint density at radius 2 is 1.79 bits per heavy atom. The van der Waals surface area contributed by atoms with Crippen LogP contribution in [0.4, 0.5) is 0 Å². The lowest BCUT2D eigenvalue weighted by Gasteiger charge is -2.38. The molecule has 2 N–H and O–H groups in total. The molecule has 0 amide bonds. The number of rotatable bonds is 5. The third kappa shape index (κ3) is 4.52.